The maximum Gasteiger partial charge on any atom is 0.238 e. The van der Waals surface area contributed by atoms with Crippen LogP contribution in [0.4, 0.5) is 0 Å². The monoisotopic (exact) mass is 295 g/mol. The van der Waals surface area contributed by atoms with Crippen LogP contribution >= 0.6 is 0 Å². The smallest absolute Gasteiger partial charge is 0.238 e. The minimum Gasteiger partial charge on any atom is -0.376 e. The zero-order valence-electron chi connectivity index (χ0n) is 13.4. The van der Waals surface area contributed by atoms with E-state index in [0.29, 0.717) is 0 Å². The number of hydrogen-bond acceptors (Lipinski definition) is 3. The highest BCUT2D eigenvalue weighted by atomic mass is 16.3. The lowest BCUT2D eigenvalue weighted by atomic mass is 9.97. The number of likely N-dealkylation sites (tertiary alicyclic amines) is 1. The number of imide groups is 1. The summed E-state index contributed by atoms with van der Waals surface area (Å²) in [5.41, 5.74) is 0.968. The Morgan fingerprint density at radius 3 is 2.38 bits per heavy atom. The van der Waals surface area contributed by atoms with Gasteiger partial charge in [-0.1, -0.05) is 57.1 Å². The van der Waals surface area contributed by atoms with Gasteiger partial charge in [0.05, 0.1) is 5.92 Å². The van der Waals surface area contributed by atoms with Crippen molar-refractivity contribution in [1.82, 2.24) is 4.90 Å². The van der Waals surface area contributed by atoms with Gasteiger partial charge >= 0.3 is 0 Å². The number of unbranched alkanes of at least 4 members (excludes halogenated alkanes) is 7. The maximum absolute atomic E-state index is 11.9. The molecule has 1 aliphatic heterocycles. The summed E-state index contributed by atoms with van der Waals surface area (Å²) in [4.78, 5) is 24.4. The lowest BCUT2D eigenvalue weighted by Gasteiger charge is -2.11. The number of carbonyl (C=O) groups is 2. The van der Waals surface area contributed by atoms with Crippen LogP contribution in [0.3, 0.4) is 0 Å². The van der Waals surface area contributed by atoms with Crippen LogP contribution < -0.4 is 0 Å². The van der Waals surface area contributed by atoms with Gasteiger partial charge in [-0.3, -0.25) is 14.5 Å². The average molecular weight is 295 g/mol. The highest BCUT2D eigenvalue weighted by Gasteiger charge is 2.38. The molecule has 0 bridgehead atoms. The molecular formula is C17H29NO3. The van der Waals surface area contributed by atoms with Gasteiger partial charge in [-0.25, -0.2) is 0 Å². The Balaban J connectivity index is 2.24. The zero-order chi connectivity index (χ0) is 15.7. The molecule has 1 heterocycles. The molecule has 0 aromatic rings. The molecule has 21 heavy (non-hydrogen) atoms. The van der Waals surface area contributed by atoms with E-state index in [-0.39, 0.29) is 24.2 Å². The van der Waals surface area contributed by atoms with Gasteiger partial charge in [0.15, 0.2) is 0 Å². The number of amides is 2. The van der Waals surface area contributed by atoms with Crippen LogP contribution in [-0.2, 0) is 9.59 Å². The van der Waals surface area contributed by atoms with Crippen molar-refractivity contribution < 1.29 is 14.7 Å². The number of hydrogen-bond donors (Lipinski definition) is 1. The number of aliphatic hydroxyl groups is 1. The van der Waals surface area contributed by atoms with Crippen LogP contribution in [0.2, 0.25) is 0 Å². The van der Waals surface area contributed by atoms with Gasteiger partial charge in [-0.05, 0) is 19.8 Å². The Kier molecular flexibility index (Phi) is 8.28. The average Bonchev–Trinajstić information content (AvgIpc) is 2.76. The number of carbonyl (C=O) groups excluding carboxylic acids is 2. The fourth-order valence-electron chi connectivity index (χ4n) is 2.76. The third-order valence-corrected chi connectivity index (χ3v) is 4.21. The first-order valence-electron chi connectivity index (χ1n) is 8.23. The summed E-state index contributed by atoms with van der Waals surface area (Å²) in [6.07, 6.45) is 12.2. The summed E-state index contributed by atoms with van der Waals surface area (Å²) in [5.74, 6) is -0.874. The lowest BCUT2D eigenvalue weighted by Crippen LogP contribution is -2.31. The van der Waals surface area contributed by atoms with Crippen molar-refractivity contribution in [3.63, 3.8) is 0 Å². The van der Waals surface area contributed by atoms with Crippen LogP contribution in [0.1, 0.15) is 71.6 Å². The molecule has 2 amide bonds. The largest absolute Gasteiger partial charge is 0.376 e. The second-order valence-electron chi connectivity index (χ2n) is 5.92. The van der Waals surface area contributed by atoms with Crippen LogP contribution in [0.5, 0.6) is 0 Å². The summed E-state index contributed by atoms with van der Waals surface area (Å²) < 4.78 is 0. The zero-order valence-corrected chi connectivity index (χ0v) is 13.4. The molecule has 4 heteroatoms. The lowest BCUT2D eigenvalue weighted by molar-refractivity contribution is -0.143. The SMILES string of the molecule is CCCCCCCCCC=C(C)C1CC(=O)N(CO)C1=O. The number of aliphatic hydroxyl groups excluding tert-OH is 1. The van der Waals surface area contributed by atoms with Crippen molar-refractivity contribution in [2.45, 2.75) is 71.6 Å². The molecule has 1 aliphatic rings. The van der Waals surface area contributed by atoms with E-state index < -0.39 is 6.73 Å². The van der Waals surface area contributed by atoms with Crippen molar-refractivity contribution in [2.24, 2.45) is 5.92 Å². The van der Waals surface area contributed by atoms with E-state index in [0.717, 1.165) is 23.3 Å². The molecule has 0 aromatic heterocycles. The molecule has 0 radical (unpaired) electrons. The molecule has 120 valence electrons. The summed E-state index contributed by atoms with van der Waals surface area (Å²) in [7, 11) is 0. The molecule has 0 aliphatic carbocycles. The molecule has 0 spiro atoms. The standard InChI is InChI=1S/C17H29NO3/c1-3-4-5-6-7-8-9-10-11-14(2)15-12-16(20)18(13-19)17(15)21/h11,15,19H,3-10,12-13H2,1-2H3. The number of nitrogens with zero attached hydrogens (tertiary/aromatic N) is 1. The van der Waals surface area contributed by atoms with Gasteiger partial charge in [-0.15, -0.1) is 0 Å². The quantitative estimate of drug-likeness (QED) is 0.382. The van der Waals surface area contributed by atoms with Gasteiger partial charge in [-0.2, -0.15) is 0 Å². The second kappa shape index (κ2) is 9.72. The Labute approximate surface area is 128 Å². The summed E-state index contributed by atoms with van der Waals surface area (Å²) in [5, 5.41) is 9.01. The van der Waals surface area contributed by atoms with Crippen molar-refractivity contribution in [1.29, 1.82) is 0 Å². The Bertz CT molecular complexity index is 376. The summed E-state index contributed by atoms with van der Waals surface area (Å²) in [6, 6.07) is 0. The van der Waals surface area contributed by atoms with Gasteiger partial charge in [0.2, 0.25) is 11.8 Å². The molecular weight excluding hydrogens is 266 g/mol. The van der Waals surface area contributed by atoms with Crippen molar-refractivity contribution in [3.05, 3.63) is 11.6 Å². The predicted octanol–water partition coefficient (Wildman–Crippen LogP) is 3.40. The van der Waals surface area contributed by atoms with Crippen molar-refractivity contribution >= 4 is 11.8 Å². The van der Waals surface area contributed by atoms with Crippen molar-refractivity contribution in [3.8, 4) is 0 Å². The van der Waals surface area contributed by atoms with E-state index >= 15 is 0 Å². The van der Waals surface area contributed by atoms with Gasteiger partial charge in [0, 0.05) is 6.42 Å². The number of rotatable bonds is 10. The molecule has 1 atom stereocenters. The molecule has 1 rings (SSSR count). The molecule has 0 aromatic carbocycles. The third kappa shape index (κ3) is 5.62. The molecule has 1 saturated heterocycles. The summed E-state index contributed by atoms with van der Waals surface area (Å²) in [6.45, 7) is 3.64. The minimum atomic E-state index is -0.501. The Morgan fingerprint density at radius 2 is 1.81 bits per heavy atom. The second-order valence-corrected chi connectivity index (χ2v) is 5.92. The van der Waals surface area contributed by atoms with E-state index in [4.69, 9.17) is 5.11 Å². The maximum atomic E-state index is 11.9. The van der Waals surface area contributed by atoms with E-state index in [2.05, 4.69) is 13.0 Å². The predicted molar refractivity (Wildman–Crippen MR) is 83.4 cm³/mol. The normalized spacial score (nSPS) is 19.7. The summed E-state index contributed by atoms with van der Waals surface area (Å²) >= 11 is 0. The first kappa shape index (κ1) is 17.9. The highest BCUT2D eigenvalue weighted by molar-refractivity contribution is 6.04. The molecule has 4 nitrogen and oxygen atoms in total. The molecule has 1 unspecified atom stereocenters. The highest BCUT2D eigenvalue weighted by Crippen LogP contribution is 2.26. The Hall–Kier alpha value is -1.16. The van der Waals surface area contributed by atoms with E-state index in [9.17, 15) is 9.59 Å². The van der Waals surface area contributed by atoms with Crippen LogP contribution in [0.25, 0.3) is 0 Å². The van der Waals surface area contributed by atoms with Crippen LogP contribution in [0.15, 0.2) is 11.6 Å². The topological polar surface area (TPSA) is 57.6 Å². The van der Waals surface area contributed by atoms with E-state index in [1.807, 2.05) is 6.92 Å². The van der Waals surface area contributed by atoms with Gasteiger partial charge < -0.3 is 5.11 Å². The molecule has 0 saturated carbocycles. The first-order valence-corrected chi connectivity index (χ1v) is 8.23. The fourth-order valence-corrected chi connectivity index (χ4v) is 2.76. The van der Waals surface area contributed by atoms with E-state index in [1.165, 1.54) is 38.5 Å². The van der Waals surface area contributed by atoms with Crippen LogP contribution in [0, 0.1) is 5.92 Å². The molecule has 1 fully saturated rings. The van der Waals surface area contributed by atoms with Gasteiger partial charge in [0.25, 0.3) is 0 Å². The number of allylic oxidation sites excluding steroid dienone is 1. The van der Waals surface area contributed by atoms with Crippen LogP contribution in [-0.4, -0.2) is 28.6 Å². The minimum absolute atomic E-state index is 0.207. The van der Waals surface area contributed by atoms with Gasteiger partial charge in [0.1, 0.15) is 6.73 Å². The van der Waals surface area contributed by atoms with Crippen molar-refractivity contribution in [2.75, 3.05) is 6.73 Å². The van der Waals surface area contributed by atoms with E-state index in [1.54, 1.807) is 0 Å². The fraction of sp³-hybridized carbons (Fsp3) is 0.765. The first-order chi connectivity index (χ1) is 10.1. The third-order valence-electron chi connectivity index (χ3n) is 4.21. The molecule has 1 N–H and O–H groups in total. The Morgan fingerprint density at radius 1 is 1.19 bits per heavy atom.